The van der Waals surface area contributed by atoms with Gasteiger partial charge in [0.05, 0.1) is 30.7 Å². The second-order valence-corrected chi connectivity index (χ2v) is 7.40. The Balaban J connectivity index is 1.59. The van der Waals surface area contributed by atoms with Crippen LogP contribution in [0.5, 0.6) is 5.75 Å². The van der Waals surface area contributed by atoms with Crippen LogP contribution in [0.3, 0.4) is 0 Å². The second kappa shape index (κ2) is 7.62. The number of rotatable bonds is 5. The molecule has 1 N–H and O–H groups in total. The maximum atomic E-state index is 13.0. The van der Waals surface area contributed by atoms with E-state index in [9.17, 15) is 4.79 Å². The molecule has 152 valence electrons. The van der Waals surface area contributed by atoms with Gasteiger partial charge in [0.1, 0.15) is 11.4 Å². The third-order valence-electron chi connectivity index (χ3n) is 5.52. The van der Waals surface area contributed by atoms with E-state index < -0.39 is 0 Å². The summed E-state index contributed by atoms with van der Waals surface area (Å²) in [7, 11) is 1.63. The van der Waals surface area contributed by atoms with Crippen LogP contribution in [-0.2, 0) is 0 Å². The SMILES string of the molecule is COc1cccc(-n2nccc2-c2nc(C(=O)NC3CCCC3)c3cnccn23)c1. The predicted molar refractivity (Wildman–Crippen MR) is 112 cm³/mol. The van der Waals surface area contributed by atoms with Crippen LogP contribution in [0.4, 0.5) is 0 Å². The normalized spacial score (nSPS) is 14.3. The number of carbonyl (C=O) groups is 1. The zero-order valence-corrected chi connectivity index (χ0v) is 16.7. The number of benzene rings is 1. The molecule has 4 aromatic rings. The van der Waals surface area contributed by atoms with Crippen molar-refractivity contribution >= 4 is 11.4 Å². The Bertz CT molecular complexity index is 1210. The summed E-state index contributed by atoms with van der Waals surface area (Å²) < 4.78 is 9.01. The Hall–Kier alpha value is -3.68. The fourth-order valence-electron chi connectivity index (χ4n) is 4.03. The van der Waals surface area contributed by atoms with Crippen molar-refractivity contribution in [2.45, 2.75) is 31.7 Å². The Labute approximate surface area is 173 Å². The van der Waals surface area contributed by atoms with Gasteiger partial charge in [0, 0.05) is 24.5 Å². The average molecular weight is 402 g/mol. The van der Waals surface area contributed by atoms with Crippen molar-refractivity contribution in [3.8, 4) is 23.0 Å². The summed E-state index contributed by atoms with van der Waals surface area (Å²) in [4.78, 5) is 21.9. The molecule has 1 aromatic carbocycles. The van der Waals surface area contributed by atoms with Crippen molar-refractivity contribution in [2.24, 2.45) is 0 Å². The zero-order chi connectivity index (χ0) is 20.5. The van der Waals surface area contributed by atoms with Crippen LogP contribution in [-0.4, -0.2) is 43.2 Å². The first-order valence-electron chi connectivity index (χ1n) is 10.1. The average Bonchev–Trinajstić information content (AvgIpc) is 3.53. The minimum absolute atomic E-state index is 0.161. The van der Waals surface area contributed by atoms with E-state index in [0.717, 1.165) is 42.8 Å². The molecule has 0 bridgehead atoms. The van der Waals surface area contributed by atoms with E-state index in [1.807, 2.05) is 40.9 Å². The number of aromatic nitrogens is 5. The molecule has 8 heteroatoms. The monoisotopic (exact) mass is 402 g/mol. The molecular formula is C22H22N6O2. The fraction of sp³-hybridized carbons (Fsp3) is 0.273. The molecule has 0 unspecified atom stereocenters. The van der Waals surface area contributed by atoms with Gasteiger partial charge in [-0.25, -0.2) is 9.67 Å². The van der Waals surface area contributed by atoms with Crippen molar-refractivity contribution in [2.75, 3.05) is 7.11 Å². The van der Waals surface area contributed by atoms with Gasteiger partial charge in [-0.3, -0.25) is 14.2 Å². The van der Waals surface area contributed by atoms with E-state index in [4.69, 9.17) is 9.72 Å². The standard InChI is InChI=1S/C22H22N6O2/c1-30-17-8-4-7-16(13-17)28-18(9-10-24-28)21-26-20(19-14-23-11-12-27(19)21)22(29)25-15-5-2-3-6-15/h4,7-15H,2-3,5-6H2,1H3,(H,25,29). The van der Waals surface area contributed by atoms with Crippen LogP contribution in [0.1, 0.15) is 36.2 Å². The van der Waals surface area contributed by atoms with E-state index >= 15 is 0 Å². The minimum atomic E-state index is -0.161. The molecule has 1 amide bonds. The highest BCUT2D eigenvalue weighted by Gasteiger charge is 2.24. The van der Waals surface area contributed by atoms with Gasteiger partial charge >= 0.3 is 0 Å². The number of fused-ring (bicyclic) bond motifs is 1. The molecule has 8 nitrogen and oxygen atoms in total. The summed E-state index contributed by atoms with van der Waals surface area (Å²) in [5.41, 5.74) is 2.66. The summed E-state index contributed by atoms with van der Waals surface area (Å²) in [6.45, 7) is 0. The minimum Gasteiger partial charge on any atom is -0.497 e. The Morgan fingerprint density at radius 2 is 2.07 bits per heavy atom. The summed E-state index contributed by atoms with van der Waals surface area (Å²) in [5.74, 6) is 1.21. The third-order valence-corrected chi connectivity index (χ3v) is 5.52. The maximum Gasteiger partial charge on any atom is 0.272 e. The van der Waals surface area contributed by atoms with Crippen LogP contribution in [0.15, 0.2) is 55.1 Å². The van der Waals surface area contributed by atoms with Crippen LogP contribution >= 0.6 is 0 Å². The molecule has 3 aromatic heterocycles. The van der Waals surface area contributed by atoms with Gasteiger partial charge in [0.2, 0.25) is 0 Å². The van der Waals surface area contributed by atoms with E-state index in [1.54, 1.807) is 30.4 Å². The van der Waals surface area contributed by atoms with Crippen LogP contribution in [0, 0.1) is 0 Å². The van der Waals surface area contributed by atoms with Crippen molar-refractivity contribution in [3.05, 3.63) is 60.8 Å². The Morgan fingerprint density at radius 3 is 2.90 bits per heavy atom. The van der Waals surface area contributed by atoms with Gasteiger partial charge < -0.3 is 10.1 Å². The molecule has 30 heavy (non-hydrogen) atoms. The van der Waals surface area contributed by atoms with Gasteiger partial charge in [-0.05, 0) is 31.0 Å². The number of nitrogens with zero attached hydrogens (tertiary/aromatic N) is 5. The lowest BCUT2D eigenvalue weighted by molar-refractivity contribution is 0.0935. The number of imidazole rings is 1. The Kier molecular flexibility index (Phi) is 4.66. The van der Waals surface area contributed by atoms with Crippen molar-refractivity contribution in [3.63, 3.8) is 0 Å². The summed E-state index contributed by atoms with van der Waals surface area (Å²) in [6, 6.07) is 9.75. The number of carbonyl (C=O) groups excluding carboxylic acids is 1. The zero-order valence-electron chi connectivity index (χ0n) is 16.7. The number of amides is 1. The second-order valence-electron chi connectivity index (χ2n) is 7.40. The number of ether oxygens (including phenoxy) is 1. The highest BCUT2D eigenvalue weighted by Crippen LogP contribution is 2.26. The molecule has 1 aliphatic carbocycles. The lowest BCUT2D eigenvalue weighted by atomic mass is 10.2. The van der Waals surface area contributed by atoms with E-state index in [-0.39, 0.29) is 11.9 Å². The quantitative estimate of drug-likeness (QED) is 0.554. The van der Waals surface area contributed by atoms with Gasteiger partial charge in [0.25, 0.3) is 5.91 Å². The molecule has 0 radical (unpaired) electrons. The smallest absolute Gasteiger partial charge is 0.272 e. The summed E-state index contributed by atoms with van der Waals surface area (Å²) >= 11 is 0. The highest BCUT2D eigenvalue weighted by atomic mass is 16.5. The Morgan fingerprint density at radius 1 is 1.20 bits per heavy atom. The highest BCUT2D eigenvalue weighted by molar-refractivity contribution is 6.00. The van der Waals surface area contributed by atoms with Gasteiger partial charge in [0.15, 0.2) is 11.5 Å². The molecule has 0 saturated heterocycles. The van der Waals surface area contributed by atoms with Crippen molar-refractivity contribution < 1.29 is 9.53 Å². The van der Waals surface area contributed by atoms with Gasteiger partial charge in [-0.15, -0.1) is 0 Å². The van der Waals surface area contributed by atoms with Crippen LogP contribution < -0.4 is 10.1 Å². The van der Waals surface area contributed by atoms with Crippen LogP contribution in [0.2, 0.25) is 0 Å². The number of hydrogen-bond acceptors (Lipinski definition) is 5. The molecule has 0 atom stereocenters. The first-order chi connectivity index (χ1) is 14.7. The predicted octanol–water partition coefficient (Wildman–Crippen LogP) is 3.26. The fourth-order valence-corrected chi connectivity index (χ4v) is 4.03. The van der Waals surface area contributed by atoms with Crippen molar-refractivity contribution in [1.29, 1.82) is 0 Å². The number of hydrogen-bond donors (Lipinski definition) is 1. The van der Waals surface area contributed by atoms with Gasteiger partial charge in [-0.1, -0.05) is 18.9 Å². The molecule has 1 fully saturated rings. The molecule has 3 heterocycles. The first kappa shape index (κ1) is 18.4. The lowest BCUT2D eigenvalue weighted by Crippen LogP contribution is -2.32. The van der Waals surface area contributed by atoms with Crippen molar-refractivity contribution in [1.82, 2.24) is 29.5 Å². The lowest BCUT2D eigenvalue weighted by Gasteiger charge is -2.10. The molecule has 1 saturated carbocycles. The van der Waals surface area contributed by atoms with E-state index in [0.29, 0.717) is 17.0 Å². The topological polar surface area (TPSA) is 86.3 Å². The molecule has 0 aliphatic heterocycles. The molecule has 1 aliphatic rings. The molecule has 0 spiro atoms. The largest absolute Gasteiger partial charge is 0.497 e. The number of methoxy groups -OCH3 is 1. The van der Waals surface area contributed by atoms with E-state index in [2.05, 4.69) is 15.4 Å². The summed E-state index contributed by atoms with van der Waals surface area (Å²) in [6.07, 6.45) is 11.2. The first-order valence-corrected chi connectivity index (χ1v) is 10.1. The van der Waals surface area contributed by atoms with Crippen LogP contribution in [0.25, 0.3) is 22.7 Å². The van der Waals surface area contributed by atoms with E-state index in [1.165, 1.54) is 0 Å². The summed E-state index contributed by atoms with van der Waals surface area (Å²) in [5, 5.41) is 7.60. The van der Waals surface area contributed by atoms with Gasteiger partial charge in [-0.2, -0.15) is 5.10 Å². The number of nitrogens with one attached hydrogen (secondary N) is 1. The third kappa shape index (κ3) is 3.20. The molecular weight excluding hydrogens is 380 g/mol. The maximum absolute atomic E-state index is 13.0. The molecule has 5 rings (SSSR count).